The van der Waals surface area contributed by atoms with Crippen LogP contribution in [0, 0.1) is 6.92 Å². The van der Waals surface area contributed by atoms with Gasteiger partial charge < -0.3 is 5.11 Å². The van der Waals surface area contributed by atoms with Crippen LogP contribution < -0.4 is 4.90 Å². The first-order valence-corrected chi connectivity index (χ1v) is 8.28. The fourth-order valence-corrected chi connectivity index (χ4v) is 3.30. The van der Waals surface area contributed by atoms with Crippen LogP contribution in [0.25, 0.3) is 5.70 Å². The second kappa shape index (κ2) is 5.93. The number of thioether (sulfide) groups is 1. The van der Waals surface area contributed by atoms with E-state index in [-0.39, 0.29) is 5.91 Å². The van der Waals surface area contributed by atoms with E-state index in [1.165, 1.54) is 16.7 Å². The summed E-state index contributed by atoms with van der Waals surface area (Å²) >= 11 is 1.52. The number of fused-ring (bicyclic) bond motifs is 1. The number of carboxylic acid groups (broad SMARTS) is 1. The summed E-state index contributed by atoms with van der Waals surface area (Å²) in [6.45, 7) is 1.91. The Hall–Kier alpha value is -2.53. The third-order valence-corrected chi connectivity index (χ3v) is 4.50. The van der Waals surface area contributed by atoms with Crippen LogP contribution in [0.2, 0.25) is 0 Å². The Morgan fingerprint density at radius 3 is 2.61 bits per heavy atom. The Kier molecular flexibility index (Phi) is 3.96. The van der Waals surface area contributed by atoms with Gasteiger partial charge in [0.25, 0.3) is 5.91 Å². The Labute approximate surface area is 138 Å². The van der Waals surface area contributed by atoms with Gasteiger partial charge in [-0.2, -0.15) is 0 Å². The molecule has 23 heavy (non-hydrogen) atoms. The van der Waals surface area contributed by atoms with E-state index in [1.807, 2.05) is 43.5 Å². The van der Waals surface area contributed by atoms with Gasteiger partial charge in [-0.15, -0.1) is 11.8 Å². The number of nitrogens with zero attached hydrogens (tertiary/aromatic N) is 1. The molecule has 1 heterocycles. The molecule has 1 N–H and O–H groups in total. The van der Waals surface area contributed by atoms with E-state index in [0.717, 1.165) is 16.5 Å². The smallest absolute Gasteiger partial charge is 0.330 e. The number of aryl methyl sites for hydroxylation is 1. The monoisotopic (exact) mass is 325 g/mol. The van der Waals surface area contributed by atoms with Crippen molar-refractivity contribution in [3.8, 4) is 0 Å². The molecule has 2 aromatic carbocycles. The number of carboxylic acids is 1. The van der Waals surface area contributed by atoms with Crippen LogP contribution in [0.5, 0.6) is 0 Å². The Bertz CT molecular complexity index is 842. The summed E-state index contributed by atoms with van der Waals surface area (Å²) < 4.78 is 0. The number of anilines is 1. The lowest BCUT2D eigenvalue weighted by molar-refractivity contribution is -0.131. The number of hydrogen-bond acceptors (Lipinski definition) is 3. The minimum absolute atomic E-state index is 0.197. The van der Waals surface area contributed by atoms with Crippen molar-refractivity contribution in [3.05, 3.63) is 65.2 Å². The summed E-state index contributed by atoms with van der Waals surface area (Å²) in [7, 11) is 0. The Morgan fingerprint density at radius 1 is 1.17 bits per heavy atom. The van der Waals surface area contributed by atoms with Gasteiger partial charge in [0.2, 0.25) is 0 Å². The van der Waals surface area contributed by atoms with E-state index in [4.69, 9.17) is 0 Å². The van der Waals surface area contributed by atoms with Crippen LogP contribution >= 0.6 is 11.8 Å². The Morgan fingerprint density at radius 2 is 1.91 bits per heavy atom. The zero-order valence-electron chi connectivity index (χ0n) is 12.7. The highest BCUT2D eigenvalue weighted by molar-refractivity contribution is 7.98. The molecule has 0 atom stereocenters. The molecule has 0 unspecified atom stereocenters. The van der Waals surface area contributed by atoms with Crippen molar-refractivity contribution >= 4 is 35.0 Å². The van der Waals surface area contributed by atoms with Gasteiger partial charge in [-0.25, -0.2) is 4.79 Å². The summed E-state index contributed by atoms with van der Waals surface area (Å²) in [5.74, 6) is -1.27. The van der Waals surface area contributed by atoms with E-state index >= 15 is 0 Å². The molecule has 1 amide bonds. The summed E-state index contributed by atoms with van der Waals surface area (Å²) in [4.78, 5) is 26.6. The molecule has 3 rings (SSSR count). The zero-order valence-corrected chi connectivity index (χ0v) is 13.6. The summed E-state index contributed by atoms with van der Waals surface area (Å²) in [5, 5.41) is 9.21. The molecule has 0 saturated heterocycles. The number of benzene rings is 2. The van der Waals surface area contributed by atoms with Gasteiger partial charge in [0.15, 0.2) is 0 Å². The van der Waals surface area contributed by atoms with Gasteiger partial charge in [0, 0.05) is 22.1 Å². The molecular weight excluding hydrogens is 310 g/mol. The number of rotatable bonds is 3. The van der Waals surface area contributed by atoms with E-state index < -0.39 is 5.97 Å². The molecule has 0 spiro atoms. The van der Waals surface area contributed by atoms with Gasteiger partial charge in [0.1, 0.15) is 0 Å². The SMILES string of the molecule is CSc1ccccc1N1C(=O)c2cc(C)ccc2C1=CC(=O)O. The second-order valence-electron chi connectivity index (χ2n) is 5.23. The standard InChI is InChI=1S/C18H15NO3S/c1-11-7-8-12-13(9-11)18(22)19(15(12)10-17(20)21)14-5-3-4-6-16(14)23-2/h3-10H,1-2H3,(H,20,21). The molecule has 1 aliphatic rings. The topological polar surface area (TPSA) is 57.6 Å². The number of carbonyl (C=O) groups excluding carboxylic acids is 1. The average molecular weight is 325 g/mol. The highest BCUT2D eigenvalue weighted by atomic mass is 32.2. The van der Waals surface area contributed by atoms with Crippen molar-refractivity contribution in [2.75, 3.05) is 11.2 Å². The van der Waals surface area contributed by atoms with Crippen LogP contribution in [-0.2, 0) is 4.79 Å². The van der Waals surface area contributed by atoms with E-state index in [9.17, 15) is 14.7 Å². The first-order valence-electron chi connectivity index (χ1n) is 7.06. The fourth-order valence-electron chi connectivity index (χ4n) is 2.72. The van der Waals surface area contributed by atoms with Crippen molar-refractivity contribution in [1.82, 2.24) is 0 Å². The maximum Gasteiger partial charge on any atom is 0.330 e. The molecule has 2 aromatic rings. The first kappa shape index (κ1) is 15.4. The maximum absolute atomic E-state index is 12.9. The number of hydrogen-bond donors (Lipinski definition) is 1. The number of aliphatic carboxylic acids is 1. The van der Waals surface area contributed by atoms with Gasteiger partial charge in [-0.05, 0) is 31.4 Å². The Balaban J connectivity index is 2.24. The molecule has 5 heteroatoms. The lowest BCUT2D eigenvalue weighted by Gasteiger charge is -2.20. The van der Waals surface area contributed by atoms with Crippen molar-refractivity contribution in [2.45, 2.75) is 11.8 Å². The molecule has 1 aliphatic heterocycles. The van der Waals surface area contributed by atoms with Gasteiger partial charge in [0.05, 0.1) is 11.4 Å². The first-order chi connectivity index (χ1) is 11.0. The van der Waals surface area contributed by atoms with Crippen LogP contribution in [0.4, 0.5) is 5.69 Å². The fraction of sp³-hybridized carbons (Fsp3) is 0.111. The van der Waals surface area contributed by atoms with Crippen molar-refractivity contribution in [1.29, 1.82) is 0 Å². The van der Waals surface area contributed by atoms with Crippen LogP contribution in [0.15, 0.2) is 53.4 Å². The molecule has 4 nitrogen and oxygen atoms in total. The van der Waals surface area contributed by atoms with Crippen molar-refractivity contribution < 1.29 is 14.7 Å². The zero-order chi connectivity index (χ0) is 16.6. The second-order valence-corrected chi connectivity index (χ2v) is 6.08. The summed E-state index contributed by atoms with van der Waals surface area (Å²) in [6, 6.07) is 13.0. The summed E-state index contributed by atoms with van der Waals surface area (Å²) in [6.07, 6.45) is 3.02. The van der Waals surface area contributed by atoms with Gasteiger partial charge in [-0.3, -0.25) is 9.69 Å². The summed E-state index contributed by atoms with van der Waals surface area (Å²) in [5.41, 5.74) is 3.25. The molecule has 0 aromatic heterocycles. The normalized spacial score (nSPS) is 15.1. The molecule has 0 bridgehead atoms. The van der Waals surface area contributed by atoms with Gasteiger partial charge >= 0.3 is 5.97 Å². The molecule has 0 aliphatic carbocycles. The minimum atomic E-state index is -1.08. The largest absolute Gasteiger partial charge is 0.478 e. The van der Waals surface area contributed by atoms with E-state index in [0.29, 0.717) is 22.5 Å². The van der Waals surface area contributed by atoms with Crippen molar-refractivity contribution in [3.63, 3.8) is 0 Å². The van der Waals surface area contributed by atoms with E-state index in [1.54, 1.807) is 12.1 Å². The lowest BCUT2D eigenvalue weighted by atomic mass is 10.1. The molecule has 0 fully saturated rings. The lowest BCUT2D eigenvalue weighted by Crippen LogP contribution is -2.23. The van der Waals surface area contributed by atoms with Gasteiger partial charge in [-0.1, -0.05) is 29.8 Å². The predicted octanol–water partition coefficient (Wildman–Crippen LogP) is 3.80. The molecular formula is C18H15NO3S. The maximum atomic E-state index is 12.9. The molecule has 0 radical (unpaired) electrons. The quantitative estimate of drug-likeness (QED) is 0.689. The minimum Gasteiger partial charge on any atom is -0.478 e. The van der Waals surface area contributed by atoms with E-state index in [2.05, 4.69) is 0 Å². The van der Waals surface area contributed by atoms with Crippen LogP contribution in [-0.4, -0.2) is 23.2 Å². The average Bonchev–Trinajstić information content (AvgIpc) is 2.79. The number of carbonyl (C=O) groups is 2. The third-order valence-electron chi connectivity index (χ3n) is 3.71. The molecule has 116 valence electrons. The highest BCUT2D eigenvalue weighted by Gasteiger charge is 2.35. The molecule has 0 saturated carbocycles. The van der Waals surface area contributed by atoms with Crippen LogP contribution in [0.3, 0.4) is 0 Å². The third kappa shape index (κ3) is 2.64. The highest BCUT2D eigenvalue weighted by Crippen LogP contribution is 2.40. The predicted molar refractivity (Wildman–Crippen MR) is 91.8 cm³/mol. The van der Waals surface area contributed by atoms with Crippen LogP contribution in [0.1, 0.15) is 21.5 Å². The number of para-hydroxylation sites is 1. The number of amides is 1. The van der Waals surface area contributed by atoms with Crippen molar-refractivity contribution in [2.24, 2.45) is 0 Å².